The molecule has 0 aromatic heterocycles. The number of thiocarbonyl (C=S) groups is 1. The number of carbonyl (C=O) groups is 1. The van der Waals surface area contributed by atoms with Crippen LogP contribution in [0.5, 0.6) is 0 Å². The van der Waals surface area contributed by atoms with Crippen LogP contribution in [0.25, 0.3) is 0 Å². The third-order valence-electron chi connectivity index (χ3n) is 3.48. The van der Waals surface area contributed by atoms with E-state index in [1.54, 1.807) is 4.90 Å². The molecular weight excluding hydrogens is 224 g/mol. The summed E-state index contributed by atoms with van der Waals surface area (Å²) in [6.45, 7) is 1.47. The number of carbonyl (C=O) groups excluding carboxylic acids is 1. The lowest BCUT2D eigenvalue weighted by atomic mass is 10.1. The van der Waals surface area contributed by atoms with Gasteiger partial charge < -0.3 is 15.4 Å². The molecule has 1 aliphatic heterocycles. The van der Waals surface area contributed by atoms with Crippen LogP contribution in [0.15, 0.2) is 0 Å². The van der Waals surface area contributed by atoms with E-state index in [1.807, 2.05) is 7.05 Å². The maximum atomic E-state index is 12.2. The third kappa shape index (κ3) is 2.06. The van der Waals surface area contributed by atoms with E-state index >= 15 is 0 Å². The maximum absolute atomic E-state index is 12.2. The first-order chi connectivity index (χ1) is 7.56. The van der Waals surface area contributed by atoms with Crippen molar-refractivity contribution < 1.29 is 9.53 Å². The molecule has 2 aliphatic rings. The quantitative estimate of drug-likeness (QED) is 0.737. The third-order valence-corrected chi connectivity index (χ3v) is 3.87. The van der Waals surface area contributed by atoms with Gasteiger partial charge in [-0.15, -0.1) is 0 Å². The number of nitrogens with two attached hydrogens (primary N) is 1. The molecule has 1 heterocycles. The number of nitrogens with zero attached hydrogens (tertiary/aromatic N) is 1. The minimum atomic E-state index is -0.525. The van der Waals surface area contributed by atoms with Crippen molar-refractivity contribution in [1.29, 1.82) is 0 Å². The molecule has 4 nitrogen and oxygen atoms in total. The monoisotopic (exact) mass is 242 g/mol. The number of likely N-dealkylation sites (N-methyl/N-ethyl adjacent to an activating group) is 1. The minimum Gasteiger partial charge on any atom is -0.392 e. The van der Waals surface area contributed by atoms with E-state index in [0.29, 0.717) is 11.5 Å². The molecule has 1 unspecified atom stereocenters. The van der Waals surface area contributed by atoms with Crippen LogP contribution in [-0.2, 0) is 9.53 Å². The van der Waals surface area contributed by atoms with Crippen molar-refractivity contribution in [3.8, 4) is 0 Å². The second-order valence-corrected chi connectivity index (χ2v) is 5.21. The topological polar surface area (TPSA) is 55.6 Å². The first kappa shape index (κ1) is 11.8. The lowest BCUT2D eigenvalue weighted by Crippen LogP contribution is -2.43. The van der Waals surface area contributed by atoms with E-state index in [-0.39, 0.29) is 12.0 Å². The van der Waals surface area contributed by atoms with Crippen LogP contribution in [0.1, 0.15) is 25.7 Å². The van der Waals surface area contributed by atoms with Gasteiger partial charge in [0.1, 0.15) is 0 Å². The van der Waals surface area contributed by atoms with Gasteiger partial charge in [-0.05, 0) is 25.7 Å². The van der Waals surface area contributed by atoms with E-state index in [0.717, 1.165) is 32.3 Å². The van der Waals surface area contributed by atoms with Crippen LogP contribution >= 0.6 is 12.2 Å². The molecule has 0 aromatic carbocycles. The summed E-state index contributed by atoms with van der Waals surface area (Å²) in [4.78, 5) is 14.2. The average Bonchev–Trinajstić information content (AvgIpc) is 2.91. The van der Waals surface area contributed by atoms with Gasteiger partial charge >= 0.3 is 0 Å². The van der Waals surface area contributed by atoms with Crippen LogP contribution in [-0.4, -0.2) is 42.1 Å². The number of rotatable bonds is 4. The molecule has 1 saturated carbocycles. The van der Waals surface area contributed by atoms with Gasteiger partial charge in [-0.25, -0.2) is 0 Å². The first-order valence-corrected chi connectivity index (χ1v) is 6.14. The molecule has 5 heteroatoms. The van der Waals surface area contributed by atoms with Crippen molar-refractivity contribution >= 4 is 23.1 Å². The van der Waals surface area contributed by atoms with E-state index < -0.39 is 5.41 Å². The second-order valence-electron chi connectivity index (χ2n) is 4.77. The van der Waals surface area contributed by atoms with Crippen molar-refractivity contribution in [3.05, 3.63) is 0 Å². The summed E-state index contributed by atoms with van der Waals surface area (Å²) in [5, 5.41) is 0. The Balaban J connectivity index is 1.91. The lowest BCUT2D eigenvalue weighted by Gasteiger charge is -2.25. The Morgan fingerprint density at radius 2 is 2.31 bits per heavy atom. The number of hydrogen-bond donors (Lipinski definition) is 1. The van der Waals surface area contributed by atoms with Gasteiger partial charge in [-0.1, -0.05) is 12.2 Å². The van der Waals surface area contributed by atoms with Gasteiger partial charge in [-0.3, -0.25) is 4.79 Å². The number of amides is 1. The summed E-state index contributed by atoms with van der Waals surface area (Å²) < 4.78 is 5.51. The van der Waals surface area contributed by atoms with Gasteiger partial charge in [0.05, 0.1) is 16.5 Å². The van der Waals surface area contributed by atoms with Gasteiger partial charge in [0.15, 0.2) is 0 Å². The molecule has 16 heavy (non-hydrogen) atoms. The van der Waals surface area contributed by atoms with Crippen LogP contribution in [0.2, 0.25) is 0 Å². The number of ether oxygens (including phenoxy) is 1. The van der Waals surface area contributed by atoms with E-state index in [9.17, 15) is 4.79 Å². The molecule has 0 spiro atoms. The fourth-order valence-electron chi connectivity index (χ4n) is 2.23. The van der Waals surface area contributed by atoms with Crippen molar-refractivity contribution in [2.75, 3.05) is 20.2 Å². The van der Waals surface area contributed by atoms with Crippen molar-refractivity contribution in [2.24, 2.45) is 11.1 Å². The van der Waals surface area contributed by atoms with E-state index in [2.05, 4.69) is 0 Å². The van der Waals surface area contributed by atoms with Gasteiger partial charge in [0, 0.05) is 20.2 Å². The predicted octanol–water partition coefficient (Wildman–Crippen LogP) is 0.690. The summed E-state index contributed by atoms with van der Waals surface area (Å²) >= 11 is 4.97. The predicted molar refractivity (Wildman–Crippen MR) is 65.1 cm³/mol. The standard InChI is InChI=1S/C11H18N2O2S/c1-13(7-8-3-2-6-15-8)10(14)11(4-5-11)9(12)16/h8H,2-7H2,1H3,(H2,12,16). The second kappa shape index (κ2) is 4.30. The minimum absolute atomic E-state index is 0.0653. The molecule has 0 radical (unpaired) electrons. The molecule has 1 saturated heterocycles. The Hall–Kier alpha value is -0.680. The SMILES string of the molecule is CN(CC1CCCO1)C(=O)C1(C(N)=S)CC1. The van der Waals surface area contributed by atoms with Gasteiger partial charge in [-0.2, -0.15) is 0 Å². The Morgan fingerprint density at radius 3 is 2.75 bits per heavy atom. The summed E-state index contributed by atoms with van der Waals surface area (Å²) in [5.74, 6) is 0.0653. The lowest BCUT2D eigenvalue weighted by molar-refractivity contribution is -0.134. The first-order valence-electron chi connectivity index (χ1n) is 5.73. The maximum Gasteiger partial charge on any atom is 0.235 e. The largest absolute Gasteiger partial charge is 0.392 e. The zero-order chi connectivity index (χ0) is 11.8. The molecule has 90 valence electrons. The molecule has 2 rings (SSSR count). The highest BCUT2D eigenvalue weighted by Gasteiger charge is 2.54. The van der Waals surface area contributed by atoms with E-state index in [4.69, 9.17) is 22.7 Å². The Bertz CT molecular complexity index is 309. The van der Waals surface area contributed by atoms with Crippen molar-refractivity contribution in [3.63, 3.8) is 0 Å². The Kier molecular flexibility index (Phi) is 3.17. The van der Waals surface area contributed by atoms with Gasteiger partial charge in [0.2, 0.25) is 5.91 Å². The fraction of sp³-hybridized carbons (Fsp3) is 0.818. The molecule has 1 aliphatic carbocycles. The summed E-state index contributed by atoms with van der Waals surface area (Å²) in [5.41, 5.74) is 5.11. The zero-order valence-corrected chi connectivity index (χ0v) is 10.4. The van der Waals surface area contributed by atoms with Crippen molar-refractivity contribution in [1.82, 2.24) is 4.90 Å². The highest BCUT2D eigenvalue weighted by molar-refractivity contribution is 7.80. The average molecular weight is 242 g/mol. The Labute approximate surface area is 101 Å². The van der Waals surface area contributed by atoms with Crippen LogP contribution in [0.3, 0.4) is 0 Å². The Morgan fingerprint density at radius 1 is 1.62 bits per heavy atom. The van der Waals surface area contributed by atoms with Gasteiger partial charge in [0.25, 0.3) is 0 Å². The normalized spacial score (nSPS) is 26.4. The van der Waals surface area contributed by atoms with E-state index in [1.165, 1.54) is 0 Å². The molecule has 2 fully saturated rings. The fourth-order valence-corrected chi connectivity index (χ4v) is 2.52. The van der Waals surface area contributed by atoms with Crippen LogP contribution in [0, 0.1) is 5.41 Å². The number of hydrogen-bond acceptors (Lipinski definition) is 3. The highest BCUT2D eigenvalue weighted by atomic mass is 32.1. The summed E-state index contributed by atoms with van der Waals surface area (Å²) in [7, 11) is 1.81. The molecule has 2 N–H and O–H groups in total. The zero-order valence-electron chi connectivity index (χ0n) is 9.57. The molecule has 0 aromatic rings. The van der Waals surface area contributed by atoms with Crippen molar-refractivity contribution in [2.45, 2.75) is 31.8 Å². The molecule has 1 atom stereocenters. The summed E-state index contributed by atoms with van der Waals surface area (Å²) in [6.07, 6.45) is 3.93. The molecule has 1 amide bonds. The smallest absolute Gasteiger partial charge is 0.235 e. The van der Waals surface area contributed by atoms with Crippen LogP contribution in [0.4, 0.5) is 0 Å². The molecular formula is C11H18N2O2S. The summed E-state index contributed by atoms with van der Waals surface area (Å²) in [6, 6.07) is 0. The van der Waals surface area contributed by atoms with Crippen LogP contribution < -0.4 is 5.73 Å². The highest BCUT2D eigenvalue weighted by Crippen LogP contribution is 2.47. The molecule has 0 bridgehead atoms.